The van der Waals surface area contributed by atoms with E-state index in [2.05, 4.69) is 5.32 Å². The van der Waals surface area contributed by atoms with Gasteiger partial charge in [0.25, 0.3) is 0 Å². The first-order chi connectivity index (χ1) is 7.29. The Morgan fingerprint density at radius 3 is 2.93 bits per heavy atom. The minimum atomic E-state index is -0.392. The van der Waals surface area contributed by atoms with Crippen LogP contribution in [0.5, 0.6) is 0 Å². The van der Waals surface area contributed by atoms with E-state index in [9.17, 15) is 4.79 Å². The minimum Gasteiger partial charge on any atom is -0.468 e. The summed E-state index contributed by atoms with van der Waals surface area (Å²) in [5.41, 5.74) is 0.933. The molecule has 0 aliphatic heterocycles. The molecule has 5 heteroatoms. The maximum atomic E-state index is 11.5. The highest BCUT2D eigenvalue weighted by Crippen LogP contribution is 2.17. The average molecular weight is 229 g/mol. The van der Waals surface area contributed by atoms with Crippen LogP contribution in [0.15, 0.2) is 16.8 Å². The molecule has 1 unspecified atom stereocenters. The molecular weight excluding hydrogens is 214 g/mol. The third-order valence-electron chi connectivity index (χ3n) is 1.97. The van der Waals surface area contributed by atoms with E-state index < -0.39 is 6.04 Å². The zero-order valence-corrected chi connectivity index (χ0v) is 9.67. The van der Waals surface area contributed by atoms with E-state index in [1.807, 2.05) is 16.8 Å². The zero-order valence-electron chi connectivity index (χ0n) is 8.86. The average Bonchev–Trinajstić information content (AvgIpc) is 2.77. The summed E-state index contributed by atoms with van der Waals surface area (Å²) in [5, 5.41) is 6.95. The Balaban J connectivity index is 2.58. The fourth-order valence-electron chi connectivity index (χ4n) is 1.20. The van der Waals surface area contributed by atoms with Gasteiger partial charge < -0.3 is 9.47 Å². The van der Waals surface area contributed by atoms with Gasteiger partial charge in [-0.15, -0.1) is 0 Å². The molecule has 0 aliphatic rings. The van der Waals surface area contributed by atoms with Gasteiger partial charge >= 0.3 is 5.97 Å². The molecule has 1 aromatic heterocycles. The number of hydrogen-bond donors (Lipinski definition) is 1. The summed E-state index contributed by atoms with van der Waals surface area (Å²) in [7, 11) is 3.01. The van der Waals surface area contributed by atoms with Crippen LogP contribution in [0.4, 0.5) is 0 Å². The molecule has 1 atom stereocenters. The number of methoxy groups -OCH3 is 2. The van der Waals surface area contributed by atoms with Crippen LogP contribution in [0.25, 0.3) is 0 Å². The molecule has 0 bridgehead atoms. The van der Waals surface area contributed by atoms with Gasteiger partial charge in [0.05, 0.1) is 13.7 Å². The third kappa shape index (κ3) is 3.62. The van der Waals surface area contributed by atoms with Crippen LogP contribution in [-0.2, 0) is 14.3 Å². The number of hydrogen-bond acceptors (Lipinski definition) is 5. The van der Waals surface area contributed by atoms with Crippen molar-refractivity contribution in [3.05, 3.63) is 22.4 Å². The van der Waals surface area contributed by atoms with E-state index in [4.69, 9.17) is 9.47 Å². The lowest BCUT2D eigenvalue weighted by Crippen LogP contribution is -2.31. The van der Waals surface area contributed by atoms with E-state index in [0.29, 0.717) is 13.2 Å². The Bertz CT molecular complexity index is 287. The van der Waals surface area contributed by atoms with Gasteiger partial charge in [-0.3, -0.25) is 5.32 Å². The summed E-state index contributed by atoms with van der Waals surface area (Å²) in [6, 6.07) is 1.52. The summed E-state index contributed by atoms with van der Waals surface area (Å²) >= 11 is 1.56. The molecule has 0 spiro atoms. The van der Waals surface area contributed by atoms with Crippen molar-refractivity contribution in [2.24, 2.45) is 0 Å². The molecule has 1 rings (SSSR count). The number of thiophene rings is 1. The van der Waals surface area contributed by atoms with Gasteiger partial charge in [-0.2, -0.15) is 11.3 Å². The highest BCUT2D eigenvalue weighted by molar-refractivity contribution is 7.08. The minimum absolute atomic E-state index is 0.274. The molecule has 0 aliphatic carbocycles. The number of rotatable bonds is 6. The van der Waals surface area contributed by atoms with Crippen molar-refractivity contribution < 1.29 is 14.3 Å². The van der Waals surface area contributed by atoms with Crippen LogP contribution < -0.4 is 5.32 Å². The zero-order chi connectivity index (χ0) is 11.1. The van der Waals surface area contributed by atoms with Gasteiger partial charge in [0.15, 0.2) is 0 Å². The number of nitrogens with one attached hydrogen (secondary N) is 1. The van der Waals surface area contributed by atoms with Crippen molar-refractivity contribution >= 4 is 17.3 Å². The normalized spacial score (nSPS) is 12.4. The molecule has 1 aromatic rings. The van der Waals surface area contributed by atoms with Crippen LogP contribution in [0.2, 0.25) is 0 Å². The van der Waals surface area contributed by atoms with Gasteiger partial charge in [-0.25, -0.2) is 4.79 Å². The fourth-order valence-corrected chi connectivity index (χ4v) is 1.89. The summed E-state index contributed by atoms with van der Waals surface area (Å²) in [4.78, 5) is 11.5. The van der Waals surface area contributed by atoms with E-state index >= 15 is 0 Å². The predicted molar refractivity (Wildman–Crippen MR) is 59.0 cm³/mol. The van der Waals surface area contributed by atoms with E-state index in [1.165, 1.54) is 7.11 Å². The molecular formula is C10H15NO3S. The van der Waals surface area contributed by atoms with Crippen LogP contribution in [-0.4, -0.2) is 33.3 Å². The molecule has 1 N–H and O–H groups in total. The van der Waals surface area contributed by atoms with Crippen LogP contribution in [0, 0.1) is 0 Å². The molecule has 0 radical (unpaired) electrons. The van der Waals surface area contributed by atoms with Crippen molar-refractivity contribution in [3.63, 3.8) is 0 Å². The van der Waals surface area contributed by atoms with Gasteiger partial charge in [0.1, 0.15) is 6.04 Å². The Labute approximate surface area is 93.2 Å². The monoisotopic (exact) mass is 229 g/mol. The molecule has 84 valence electrons. The van der Waals surface area contributed by atoms with Gasteiger partial charge in [0, 0.05) is 13.7 Å². The predicted octanol–water partition coefficient (Wildman–Crippen LogP) is 1.20. The summed E-state index contributed by atoms with van der Waals surface area (Å²) < 4.78 is 9.64. The molecule has 0 saturated heterocycles. The Kier molecular flexibility index (Phi) is 5.31. The highest BCUT2D eigenvalue weighted by Gasteiger charge is 2.20. The number of esters is 1. The maximum Gasteiger partial charge on any atom is 0.327 e. The molecule has 4 nitrogen and oxygen atoms in total. The van der Waals surface area contributed by atoms with Crippen LogP contribution >= 0.6 is 11.3 Å². The summed E-state index contributed by atoms with van der Waals surface area (Å²) in [5.74, 6) is -0.274. The Morgan fingerprint density at radius 1 is 1.60 bits per heavy atom. The van der Waals surface area contributed by atoms with Crippen molar-refractivity contribution in [2.75, 3.05) is 27.4 Å². The fraction of sp³-hybridized carbons (Fsp3) is 0.500. The van der Waals surface area contributed by atoms with E-state index in [1.54, 1.807) is 18.4 Å². The van der Waals surface area contributed by atoms with Crippen LogP contribution in [0.1, 0.15) is 11.6 Å². The summed E-state index contributed by atoms with van der Waals surface area (Å²) in [6.45, 7) is 1.18. The molecule has 0 saturated carbocycles. The maximum absolute atomic E-state index is 11.5. The van der Waals surface area contributed by atoms with Crippen molar-refractivity contribution in [1.82, 2.24) is 5.32 Å². The SMILES string of the molecule is COCCNC(C(=O)OC)c1ccsc1. The second kappa shape index (κ2) is 6.55. The molecule has 1 heterocycles. The van der Waals surface area contributed by atoms with Crippen molar-refractivity contribution in [1.29, 1.82) is 0 Å². The number of carbonyl (C=O) groups excluding carboxylic acids is 1. The molecule has 0 fully saturated rings. The standard InChI is InChI=1S/C10H15NO3S/c1-13-5-4-11-9(10(12)14-2)8-3-6-15-7-8/h3,6-7,9,11H,4-5H2,1-2H3. The van der Waals surface area contributed by atoms with Gasteiger partial charge in [-0.05, 0) is 22.4 Å². The molecule has 15 heavy (non-hydrogen) atoms. The van der Waals surface area contributed by atoms with Gasteiger partial charge in [0.2, 0.25) is 0 Å². The largest absolute Gasteiger partial charge is 0.468 e. The lowest BCUT2D eigenvalue weighted by molar-refractivity contribution is -0.143. The first-order valence-corrected chi connectivity index (χ1v) is 5.56. The van der Waals surface area contributed by atoms with Crippen molar-refractivity contribution in [2.45, 2.75) is 6.04 Å². The first-order valence-electron chi connectivity index (χ1n) is 4.62. The second-order valence-corrected chi connectivity index (χ2v) is 3.74. The van der Waals surface area contributed by atoms with E-state index in [0.717, 1.165) is 5.56 Å². The molecule has 0 amide bonds. The highest BCUT2D eigenvalue weighted by atomic mass is 32.1. The lowest BCUT2D eigenvalue weighted by atomic mass is 10.1. The summed E-state index contributed by atoms with van der Waals surface area (Å²) in [6.07, 6.45) is 0. The second-order valence-electron chi connectivity index (χ2n) is 2.96. The number of ether oxygens (including phenoxy) is 2. The Hall–Kier alpha value is -0.910. The van der Waals surface area contributed by atoms with Crippen LogP contribution in [0.3, 0.4) is 0 Å². The van der Waals surface area contributed by atoms with E-state index in [-0.39, 0.29) is 5.97 Å². The molecule has 0 aromatic carbocycles. The quantitative estimate of drug-likeness (QED) is 0.588. The van der Waals surface area contributed by atoms with Crippen molar-refractivity contribution in [3.8, 4) is 0 Å². The third-order valence-corrected chi connectivity index (χ3v) is 2.67. The van der Waals surface area contributed by atoms with Gasteiger partial charge in [-0.1, -0.05) is 0 Å². The smallest absolute Gasteiger partial charge is 0.327 e. The topological polar surface area (TPSA) is 47.6 Å². The number of carbonyl (C=O) groups is 1. The first kappa shape index (κ1) is 12.2. The lowest BCUT2D eigenvalue weighted by Gasteiger charge is -2.14. The Morgan fingerprint density at radius 2 is 2.40 bits per heavy atom.